The van der Waals surface area contributed by atoms with Crippen molar-refractivity contribution in [2.24, 2.45) is 0 Å². The predicted molar refractivity (Wildman–Crippen MR) is 104 cm³/mol. The second-order valence-electron chi connectivity index (χ2n) is 6.49. The van der Waals surface area contributed by atoms with Crippen LogP contribution in [0.4, 0.5) is 5.82 Å². The molecule has 1 aliphatic rings. The monoisotopic (exact) mass is 353 g/mol. The van der Waals surface area contributed by atoms with Gasteiger partial charge in [-0.05, 0) is 43.0 Å². The number of fused-ring (bicyclic) bond motifs is 2. The molecule has 1 N–H and O–H groups in total. The summed E-state index contributed by atoms with van der Waals surface area (Å²) in [5, 5.41) is 4.68. The van der Waals surface area contributed by atoms with E-state index in [9.17, 15) is 0 Å². The zero-order valence-corrected chi connectivity index (χ0v) is 15.6. The minimum Gasteiger partial charge on any atom is -0.493 e. The molecule has 1 aliphatic heterocycles. The first-order valence-electron chi connectivity index (χ1n) is 8.98. The van der Waals surface area contributed by atoms with E-state index in [4.69, 9.17) is 9.72 Å². The van der Waals surface area contributed by atoms with Crippen molar-refractivity contribution < 1.29 is 4.74 Å². The normalized spacial score (nSPS) is 13.0. The van der Waals surface area contributed by atoms with Crippen LogP contribution in [-0.4, -0.2) is 23.1 Å². The summed E-state index contributed by atoms with van der Waals surface area (Å²) in [5.41, 5.74) is 2.74. The molecule has 0 spiro atoms. The van der Waals surface area contributed by atoms with E-state index in [-0.39, 0.29) is 0 Å². The quantitative estimate of drug-likeness (QED) is 0.661. The molecule has 4 rings (SSSR count). The molecule has 3 aromatic rings. The Balaban J connectivity index is 1.41. The van der Waals surface area contributed by atoms with Crippen LogP contribution in [0.25, 0.3) is 10.2 Å². The first kappa shape index (κ1) is 16.3. The summed E-state index contributed by atoms with van der Waals surface area (Å²) in [6.45, 7) is 5.96. The van der Waals surface area contributed by atoms with Crippen LogP contribution in [0, 0.1) is 6.92 Å². The number of ether oxygens (including phenoxy) is 1. The van der Waals surface area contributed by atoms with Gasteiger partial charge in [-0.15, -0.1) is 11.3 Å². The number of thiophene rings is 1. The van der Waals surface area contributed by atoms with Crippen LogP contribution in [0.3, 0.4) is 0 Å². The van der Waals surface area contributed by atoms with Gasteiger partial charge in [0.15, 0.2) is 0 Å². The third-order valence-electron chi connectivity index (χ3n) is 4.57. The van der Waals surface area contributed by atoms with Crippen LogP contribution >= 0.6 is 11.3 Å². The minimum absolute atomic E-state index is 0.823. The Morgan fingerprint density at radius 1 is 1.24 bits per heavy atom. The molecule has 3 heterocycles. The van der Waals surface area contributed by atoms with Gasteiger partial charge >= 0.3 is 0 Å². The Hall–Kier alpha value is -2.14. The number of aromatic nitrogens is 2. The summed E-state index contributed by atoms with van der Waals surface area (Å²) in [6.07, 6.45) is 4.05. The lowest BCUT2D eigenvalue weighted by atomic mass is 10.0. The molecule has 0 fully saturated rings. The summed E-state index contributed by atoms with van der Waals surface area (Å²) >= 11 is 1.74. The summed E-state index contributed by atoms with van der Waals surface area (Å²) < 4.78 is 5.58. The lowest BCUT2D eigenvalue weighted by Crippen LogP contribution is -2.07. The molecule has 4 nitrogen and oxygen atoms in total. The van der Waals surface area contributed by atoms with E-state index in [0.29, 0.717) is 0 Å². The molecule has 0 atom stereocenters. The zero-order chi connectivity index (χ0) is 17.2. The van der Waals surface area contributed by atoms with Crippen molar-refractivity contribution in [3.05, 3.63) is 46.1 Å². The molecule has 0 saturated heterocycles. The van der Waals surface area contributed by atoms with E-state index in [1.165, 1.54) is 16.0 Å². The number of rotatable bonds is 6. The zero-order valence-electron chi connectivity index (χ0n) is 14.8. The van der Waals surface area contributed by atoms with Crippen LogP contribution in [0.5, 0.6) is 5.75 Å². The van der Waals surface area contributed by atoms with E-state index >= 15 is 0 Å². The van der Waals surface area contributed by atoms with Crippen LogP contribution in [0.2, 0.25) is 0 Å². The smallest absolute Gasteiger partial charge is 0.138 e. The molecule has 0 bridgehead atoms. The fourth-order valence-corrected chi connectivity index (χ4v) is 4.17. The van der Waals surface area contributed by atoms with Gasteiger partial charge in [0.2, 0.25) is 0 Å². The average molecular weight is 353 g/mol. The van der Waals surface area contributed by atoms with Gasteiger partial charge in [-0.25, -0.2) is 9.97 Å². The predicted octanol–water partition coefficient (Wildman–Crippen LogP) is 4.54. The molecule has 0 unspecified atom stereocenters. The van der Waals surface area contributed by atoms with E-state index < -0.39 is 0 Å². The fraction of sp³-hybridized carbons (Fsp3) is 0.400. The largest absolute Gasteiger partial charge is 0.493 e. The molecule has 0 radical (unpaired) electrons. The van der Waals surface area contributed by atoms with E-state index in [1.807, 2.05) is 0 Å². The Bertz CT molecular complexity index is 903. The highest BCUT2D eigenvalue weighted by atomic mass is 32.1. The summed E-state index contributed by atoms with van der Waals surface area (Å²) in [6, 6.07) is 8.77. The molecule has 0 aliphatic carbocycles. The number of nitrogens with one attached hydrogen (secondary N) is 1. The van der Waals surface area contributed by atoms with Crippen molar-refractivity contribution in [1.29, 1.82) is 0 Å². The fourth-order valence-electron chi connectivity index (χ4n) is 3.27. The van der Waals surface area contributed by atoms with Crippen molar-refractivity contribution in [3.8, 4) is 5.75 Å². The van der Waals surface area contributed by atoms with Crippen molar-refractivity contribution in [1.82, 2.24) is 9.97 Å². The van der Waals surface area contributed by atoms with Crippen molar-refractivity contribution in [2.45, 2.75) is 39.5 Å². The number of benzene rings is 1. The third kappa shape index (κ3) is 3.47. The van der Waals surface area contributed by atoms with E-state index in [2.05, 4.69) is 48.4 Å². The van der Waals surface area contributed by atoms with Crippen molar-refractivity contribution in [2.75, 3.05) is 18.5 Å². The van der Waals surface area contributed by atoms with Crippen LogP contribution < -0.4 is 10.1 Å². The van der Waals surface area contributed by atoms with Gasteiger partial charge < -0.3 is 10.1 Å². The maximum absolute atomic E-state index is 5.58. The molecule has 2 aromatic heterocycles. The van der Waals surface area contributed by atoms with Crippen LogP contribution in [0.15, 0.2) is 24.3 Å². The molecule has 0 amide bonds. The molecule has 130 valence electrons. The Labute approximate surface area is 152 Å². The van der Waals surface area contributed by atoms with Crippen molar-refractivity contribution in [3.63, 3.8) is 0 Å². The third-order valence-corrected chi connectivity index (χ3v) is 5.51. The highest BCUT2D eigenvalue weighted by Crippen LogP contribution is 2.29. The summed E-state index contributed by atoms with van der Waals surface area (Å²) in [4.78, 5) is 11.7. The molecule has 5 heteroatoms. The van der Waals surface area contributed by atoms with Gasteiger partial charge in [0.25, 0.3) is 0 Å². The minimum atomic E-state index is 0.823. The Kier molecular flexibility index (Phi) is 4.57. The van der Waals surface area contributed by atoms with Crippen LogP contribution in [-0.2, 0) is 19.3 Å². The number of aryl methyl sites for hydroxylation is 3. The first-order chi connectivity index (χ1) is 12.2. The number of nitrogens with zero attached hydrogens (tertiary/aromatic N) is 2. The maximum Gasteiger partial charge on any atom is 0.138 e. The SMILES string of the molecule is CCc1nc(NCCCc2ccc3c(c2)CCO3)c2cc(C)sc2n1. The highest BCUT2D eigenvalue weighted by molar-refractivity contribution is 7.18. The van der Waals surface area contributed by atoms with Gasteiger partial charge in [-0.3, -0.25) is 0 Å². The molecule has 0 saturated carbocycles. The average Bonchev–Trinajstić information content (AvgIpc) is 3.23. The molecule has 25 heavy (non-hydrogen) atoms. The lowest BCUT2D eigenvalue weighted by molar-refractivity contribution is 0.357. The Morgan fingerprint density at radius 2 is 2.16 bits per heavy atom. The topological polar surface area (TPSA) is 47.0 Å². The number of hydrogen-bond acceptors (Lipinski definition) is 5. The van der Waals surface area contributed by atoms with E-state index in [1.54, 1.807) is 11.3 Å². The van der Waals surface area contributed by atoms with Gasteiger partial charge in [0.05, 0.1) is 12.0 Å². The molecule has 1 aromatic carbocycles. The van der Waals surface area contributed by atoms with Crippen molar-refractivity contribution >= 4 is 27.4 Å². The second-order valence-corrected chi connectivity index (χ2v) is 7.72. The maximum atomic E-state index is 5.58. The standard InChI is InChI=1S/C20H23N3OS/c1-3-18-22-19(16-11-13(2)25-20(16)23-18)21-9-4-5-14-6-7-17-15(12-14)8-10-24-17/h6-7,11-12H,3-5,8-10H2,1-2H3,(H,21,22,23). The summed E-state index contributed by atoms with van der Waals surface area (Å²) in [5.74, 6) is 2.95. The first-order valence-corrected chi connectivity index (χ1v) is 9.80. The Morgan fingerprint density at radius 3 is 3.04 bits per heavy atom. The van der Waals surface area contributed by atoms with Gasteiger partial charge in [-0.2, -0.15) is 0 Å². The second kappa shape index (κ2) is 7.00. The molecular formula is C20H23N3OS. The van der Waals surface area contributed by atoms with E-state index in [0.717, 1.165) is 66.4 Å². The van der Waals surface area contributed by atoms with Crippen LogP contribution in [0.1, 0.15) is 35.2 Å². The van der Waals surface area contributed by atoms with Gasteiger partial charge in [0, 0.05) is 24.3 Å². The molecular weight excluding hydrogens is 330 g/mol. The van der Waals surface area contributed by atoms with Gasteiger partial charge in [0.1, 0.15) is 22.2 Å². The van der Waals surface area contributed by atoms with Gasteiger partial charge in [-0.1, -0.05) is 19.1 Å². The number of hydrogen-bond donors (Lipinski definition) is 1. The lowest BCUT2D eigenvalue weighted by Gasteiger charge is -2.09. The summed E-state index contributed by atoms with van der Waals surface area (Å²) in [7, 11) is 0. The number of anilines is 1. The highest BCUT2D eigenvalue weighted by Gasteiger charge is 2.12.